The van der Waals surface area contributed by atoms with Crippen molar-refractivity contribution in [2.75, 3.05) is 11.9 Å². The number of carbonyl (C=O) groups excluding carboxylic acids is 1. The van der Waals surface area contributed by atoms with Gasteiger partial charge < -0.3 is 10.4 Å². The van der Waals surface area contributed by atoms with Crippen LogP contribution in [-0.4, -0.2) is 30.2 Å². The van der Waals surface area contributed by atoms with E-state index in [4.69, 9.17) is 5.11 Å². The number of benzene rings is 1. The van der Waals surface area contributed by atoms with E-state index in [1.807, 2.05) is 38.1 Å². The van der Waals surface area contributed by atoms with Crippen LogP contribution < -0.4 is 10.2 Å². The molecule has 19 heavy (non-hydrogen) atoms. The van der Waals surface area contributed by atoms with E-state index in [9.17, 15) is 9.59 Å². The maximum absolute atomic E-state index is 12.0. The van der Waals surface area contributed by atoms with Crippen molar-refractivity contribution in [3.8, 4) is 0 Å². The molecule has 0 bridgehead atoms. The highest BCUT2D eigenvalue weighted by molar-refractivity contribution is 5.93. The van der Waals surface area contributed by atoms with E-state index in [1.54, 1.807) is 7.05 Å². The first kappa shape index (κ1) is 15.0. The van der Waals surface area contributed by atoms with Crippen LogP contribution in [0, 0.1) is 6.92 Å². The number of hydrogen-bond acceptors (Lipinski definition) is 2. The van der Waals surface area contributed by atoms with Crippen LogP contribution in [0.5, 0.6) is 0 Å². The largest absolute Gasteiger partial charge is 0.480 e. The predicted octanol–water partition coefficient (Wildman–Crippen LogP) is 2.39. The SMILES string of the molecule is CCCC(NC(=O)N(C)c1ccc(C)cc1)C(=O)O. The Kier molecular flexibility index (Phi) is 5.36. The van der Waals surface area contributed by atoms with Gasteiger partial charge >= 0.3 is 12.0 Å². The highest BCUT2D eigenvalue weighted by Gasteiger charge is 2.21. The van der Waals surface area contributed by atoms with Crippen LogP contribution in [0.25, 0.3) is 0 Å². The number of aliphatic carboxylic acids is 1. The minimum Gasteiger partial charge on any atom is -0.480 e. The van der Waals surface area contributed by atoms with Gasteiger partial charge in [0.1, 0.15) is 6.04 Å². The first-order chi connectivity index (χ1) is 8.95. The number of nitrogens with zero attached hydrogens (tertiary/aromatic N) is 1. The zero-order valence-corrected chi connectivity index (χ0v) is 11.5. The summed E-state index contributed by atoms with van der Waals surface area (Å²) in [7, 11) is 1.62. The minimum absolute atomic E-state index is 0.412. The molecule has 0 aliphatic rings. The van der Waals surface area contributed by atoms with Crippen LogP contribution in [0.2, 0.25) is 0 Å². The molecule has 0 aliphatic heterocycles. The van der Waals surface area contributed by atoms with Crippen molar-refractivity contribution in [3.63, 3.8) is 0 Å². The summed E-state index contributed by atoms with van der Waals surface area (Å²) in [6.07, 6.45) is 1.12. The number of rotatable bonds is 5. The molecular formula is C14H20N2O3. The Morgan fingerprint density at radius 2 is 1.89 bits per heavy atom. The fraction of sp³-hybridized carbons (Fsp3) is 0.429. The fourth-order valence-corrected chi connectivity index (χ4v) is 1.68. The van der Waals surface area contributed by atoms with Gasteiger partial charge in [-0.3, -0.25) is 4.90 Å². The quantitative estimate of drug-likeness (QED) is 0.858. The summed E-state index contributed by atoms with van der Waals surface area (Å²) in [5, 5.41) is 11.5. The summed E-state index contributed by atoms with van der Waals surface area (Å²) in [5.41, 5.74) is 1.83. The van der Waals surface area contributed by atoms with Gasteiger partial charge in [0, 0.05) is 12.7 Å². The molecule has 1 atom stereocenters. The molecule has 0 heterocycles. The van der Waals surface area contributed by atoms with Gasteiger partial charge in [-0.15, -0.1) is 0 Å². The topological polar surface area (TPSA) is 69.6 Å². The van der Waals surface area contributed by atoms with E-state index in [-0.39, 0.29) is 0 Å². The standard InChI is InChI=1S/C14H20N2O3/c1-4-5-12(13(17)18)15-14(19)16(3)11-8-6-10(2)7-9-11/h6-9,12H,4-5H2,1-3H3,(H,15,19)(H,17,18). The maximum atomic E-state index is 12.0. The monoisotopic (exact) mass is 264 g/mol. The van der Waals surface area contributed by atoms with Gasteiger partial charge in [0.05, 0.1) is 0 Å². The lowest BCUT2D eigenvalue weighted by Gasteiger charge is -2.21. The molecule has 0 aliphatic carbocycles. The summed E-state index contributed by atoms with van der Waals surface area (Å²) in [6, 6.07) is 6.20. The van der Waals surface area contributed by atoms with Crippen molar-refractivity contribution in [1.29, 1.82) is 0 Å². The number of aryl methyl sites for hydroxylation is 1. The summed E-state index contributed by atoms with van der Waals surface area (Å²) in [5.74, 6) is -1.01. The molecule has 0 saturated carbocycles. The summed E-state index contributed by atoms with van der Waals surface area (Å²) in [6.45, 7) is 3.84. The van der Waals surface area contributed by atoms with E-state index in [1.165, 1.54) is 4.90 Å². The van der Waals surface area contributed by atoms with Gasteiger partial charge in [0.25, 0.3) is 0 Å². The van der Waals surface area contributed by atoms with Crippen molar-refractivity contribution in [3.05, 3.63) is 29.8 Å². The Morgan fingerprint density at radius 3 is 2.37 bits per heavy atom. The lowest BCUT2D eigenvalue weighted by atomic mass is 10.2. The van der Waals surface area contributed by atoms with Crippen molar-refractivity contribution in [2.45, 2.75) is 32.7 Å². The normalized spacial score (nSPS) is 11.7. The second kappa shape index (κ2) is 6.78. The molecular weight excluding hydrogens is 244 g/mol. The van der Waals surface area contributed by atoms with Crippen molar-refractivity contribution < 1.29 is 14.7 Å². The number of anilines is 1. The number of carboxylic acid groups (broad SMARTS) is 1. The third-order valence-corrected chi connectivity index (χ3v) is 2.90. The fourth-order valence-electron chi connectivity index (χ4n) is 1.68. The van der Waals surface area contributed by atoms with Gasteiger partial charge in [-0.25, -0.2) is 9.59 Å². The van der Waals surface area contributed by atoms with Gasteiger partial charge in [0.2, 0.25) is 0 Å². The van der Waals surface area contributed by atoms with E-state index >= 15 is 0 Å². The predicted molar refractivity (Wildman–Crippen MR) is 74.4 cm³/mol. The van der Waals surface area contributed by atoms with Gasteiger partial charge in [-0.2, -0.15) is 0 Å². The zero-order valence-electron chi connectivity index (χ0n) is 11.5. The summed E-state index contributed by atoms with van der Waals surface area (Å²) in [4.78, 5) is 24.4. The Morgan fingerprint density at radius 1 is 1.32 bits per heavy atom. The van der Waals surface area contributed by atoms with Gasteiger partial charge in [0.15, 0.2) is 0 Å². The second-order valence-corrected chi connectivity index (χ2v) is 4.52. The Hall–Kier alpha value is -2.04. The molecule has 0 radical (unpaired) electrons. The van der Waals surface area contributed by atoms with Crippen LogP contribution in [0.15, 0.2) is 24.3 Å². The molecule has 1 aromatic rings. The lowest BCUT2D eigenvalue weighted by Crippen LogP contribution is -2.46. The zero-order chi connectivity index (χ0) is 14.4. The Bertz CT molecular complexity index is 443. The lowest BCUT2D eigenvalue weighted by molar-refractivity contribution is -0.139. The van der Waals surface area contributed by atoms with Crippen LogP contribution in [0.1, 0.15) is 25.3 Å². The molecule has 1 unspecified atom stereocenters. The van der Waals surface area contributed by atoms with Crippen molar-refractivity contribution >= 4 is 17.7 Å². The molecule has 5 nitrogen and oxygen atoms in total. The highest BCUT2D eigenvalue weighted by atomic mass is 16.4. The van der Waals surface area contributed by atoms with E-state index in [0.717, 1.165) is 11.3 Å². The second-order valence-electron chi connectivity index (χ2n) is 4.52. The number of carbonyl (C=O) groups is 2. The molecule has 2 N–H and O–H groups in total. The molecule has 2 amide bonds. The molecule has 0 spiro atoms. The number of carboxylic acids is 1. The van der Waals surface area contributed by atoms with E-state index in [2.05, 4.69) is 5.32 Å². The van der Waals surface area contributed by atoms with E-state index in [0.29, 0.717) is 12.8 Å². The number of amides is 2. The smallest absolute Gasteiger partial charge is 0.326 e. The molecule has 1 aromatic carbocycles. The van der Waals surface area contributed by atoms with Crippen LogP contribution >= 0.6 is 0 Å². The van der Waals surface area contributed by atoms with Gasteiger partial charge in [-0.05, 0) is 25.5 Å². The molecule has 104 valence electrons. The summed E-state index contributed by atoms with van der Waals surface area (Å²) < 4.78 is 0. The van der Waals surface area contributed by atoms with Crippen molar-refractivity contribution in [2.24, 2.45) is 0 Å². The Balaban J connectivity index is 2.71. The average molecular weight is 264 g/mol. The maximum Gasteiger partial charge on any atom is 0.326 e. The number of nitrogens with one attached hydrogen (secondary N) is 1. The van der Waals surface area contributed by atoms with Crippen molar-refractivity contribution in [1.82, 2.24) is 5.32 Å². The molecule has 5 heteroatoms. The first-order valence-corrected chi connectivity index (χ1v) is 6.29. The minimum atomic E-state index is -1.01. The highest BCUT2D eigenvalue weighted by Crippen LogP contribution is 2.13. The van der Waals surface area contributed by atoms with Crippen LogP contribution in [0.3, 0.4) is 0 Å². The van der Waals surface area contributed by atoms with Crippen LogP contribution in [0.4, 0.5) is 10.5 Å². The molecule has 0 aromatic heterocycles. The average Bonchev–Trinajstić information content (AvgIpc) is 2.38. The molecule has 1 rings (SSSR count). The molecule has 0 saturated heterocycles. The third kappa shape index (κ3) is 4.28. The van der Waals surface area contributed by atoms with E-state index < -0.39 is 18.0 Å². The number of urea groups is 1. The van der Waals surface area contributed by atoms with Crippen LogP contribution in [-0.2, 0) is 4.79 Å². The summed E-state index contributed by atoms with van der Waals surface area (Å²) >= 11 is 0. The first-order valence-electron chi connectivity index (χ1n) is 6.29. The number of hydrogen-bond donors (Lipinski definition) is 2. The van der Waals surface area contributed by atoms with Gasteiger partial charge in [-0.1, -0.05) is 31.0 Å². The molecule has 0 fully saturated rings. The Labute approximate surface area is 113 Å². The third-order valence-electron chi connectivity index (χ3n) is 2.90.